The number of aliphatic hydroxyl groups is 3. The van der Waals surface area contributed by atoms with E-state index >= 15 is 0 Å². The maximum Gasteiger partial charge on any atom is 0.255 e. The number of carbonyl (C=O) groups is 3. The number of hydrogen-bond donors (Lipinski definition) is 6. The van der Waals surface area contributed by atoms with Crippen molar-refractivity contribution >= 4 is 17.5 Å². The molecule has 1 unspecified atom stereocenters. The van der Waals surface area contributed by atoms with Crippen molar-refractivity contribution in [3.63, 3.8) is 0 Å². The van der Waals surface area contributed by atoms with Crippen molar-refractivity contribution in [3.8, 4) is 11.5 Å². The van der Waals surface area contributed by atoms with Crippen molar-refractivity contribution in [2.24, 2.45) is 17.6 Å². The van der Waals surface area contributed by atoms with Crippen LogP contribution >= 0.6 is 0 Å². The van der Waals surface area contributed by atoms with E-state index in [-0.39, 0.29) is 35.8 Å². The summed E-state index contributed by atoms with van der Waals surface area (Å²) in [7, 11) is 4.65. The largest absolute Gasteiger partial charge is 0.510 e. The van der Waals surface area contributed by atoms with Gasteiger partial charge in [0.15, 0.2) is 11.4 Å². The number of carbonyl (C=O) groups excluding carboxylic acids is 3. The zero-order valence-corrected chi connectivity index (χ0v) is 22.2. The van der Waals surface area contributed by atoms with Crippen molar-refractivity contribution in [1.82, 2.24) is 10.2 Å². The van der Waals surface area contributed by atoms with Gasteiger partial charge >= 0.3 is 0 Å². The van der Waals surface area contributed by atoms with Crippen molar-refractivity contribution in [1.29, 1.82) is 0 Å². The molecule has 11 heteroatoms. The van der Waals surface area contributed by atoms with Gasteiger partial charge in [-0.1, -0.05) is 6.92 Å². The van der Waals surface area contributed by atoms with E-state index in [9.17, 15) is 34.8 Å². The second-order valence-electron chi connectivity index (χ2n) is 10.6. The van der Waals surface area contributed by atoms with E-state index < -0.39 is 58.0 Å². The molecule has 0 heterocycles. The first kappa shape index (κ1) is 27.6. The number of amides is 1. The quantitative estimate of drug-likeness (QED) is 0.279. The van der Waals surface area contributed by atoms with Crippen LogP contribution in [-0.2, 0) is 22.6 Å². The maximum atomic E-state index is 13.8. The van der Waals surface area contributed by atoms with Gasteiger partial charge in [0.1, 0.15) is 28.6 Å². The highest BCUT2D eigenvalue weighted by Crippen LogP contribution is 2.53. The van der Waals surface area contributed by atoms with Crippen molar-refractivity contribution in [3.05, 3.63) is 45.4 Å². The number of phenolic OH excluding ortho intramolecular Hbond substituents is 1. The fraction of sp³-hybridized carbons (Fsp3) is 0.519. The van der Waals surface area contributed by atoms with Gasteiger partial charge in [-0.15, -0.1) is 0 Å². The summed E-state index contributed by atoms with van der Waals surface area (Å²) in [5.41, 5.74) is 2.71. The monoisotopic (exact) mass is 529 g/mol. The van der Waals surface area contributed by atoms with Crippen LogP contribution in [0.2, 0.25) is 0 Å². The highest BCUT2D eigenvalue weighted by molar-refractivity contribution is 6.24. The summed E-state index contributed by atoms with van der Waals surface area (Å²) in [6, 6.07) is 0.602. The van der Waals surface area contributed by atoms with Crippen molar-refractivity contribution in [2.75, 3.05) is 21.2 Å². The van der Waals surface area contributed by atoms with Crippen LogP contribution < -0.4 is 15.8 Å². The predicted molar refractivity (Wildman–Crippen MR) is 137 cm³/mol. The summed E-state index contributed by atoms with van der Waals surface area (Å²) in [6.45, 7) is 4.45. The molecule has 0 aliphatic heterocycles. The number of methoxy groups -OCH3 is 1. The van der Waals surface area contributed by atoms with Gasteiger partial charge in [0.25, 0.3) is 5.91 Å². The minimum Gasteiger partial charge on any atom is -0.510 e. The van der Waals surface area contributed by atoms with E-state index in [4.69, 9.17) is 10.5 Å². The van der Waals surface area contributed by atoms with Gasteiger partial charge in [0.2, 0.25) is 5.78 Å². The molecule has 0 bridgehead atoms. The van der Waals surface area contributed by atoms with Gasteiger partial charge in [-0.25, -0.2) is 0 Å². The lowest BCUT2D eigenvalue weighted by Crippen LogP contribution is -2.63. The van der Waals surface area contributed by atoms with Crippen LogP contribution in [0.15, 0.2) is 28.7 Å². The van der Waals surface area contributed by atoms with Crippen LogP contribution in [-0.4, -0.2) is 81.7 Å². The highest BCUT2D eigenvalue weighted by Gasteiger charge is 2.63. The number of aromatic hydroxyl groups is 1. The minimum absolute atomic E-state index is 0.0189. The zero-order valence-electron chi connectivity index (χ0n) is 22.2. The lowest BCUT2D eigenvalue weighted by Gasteiger charge is -2.50. The van der Waals surface area contributed by atoms with E-state index in [2.05, 4.69) is 5.32 Å². The van der Waals surface area contributed by atoms with Crippen LogP contribution in [0.25, 0.3) is 0 Å². The van der Waals surface area contributed by atoms with Crippen molar-refractivity contribution in [2.45, 2.75) is 57.3 Å². The highest BCUT2D eigenvalue weighted by atomic mass is 16.5. The molecule has 5 atom stereocenters. The van der Waals surface area contributed by atoms with Gasteiger partial charge in [0, 0.05) is 35.2 Å². The summed E-state index contributed by atoms with van der Waals surface area (Å²) >= 11 is 0. The molecule has 1 aromatic rings. The third kappa shape index (κ3) is 3.88. The SMILES string of the molecule is CCC(C)NCc1cc(O)c2c(c1OC)C[C@H]1C[C@H]3[C@H](N(C)C)C(O)=C(C(N)=O)C(=O)[C@@]3(O)C(O)=C1C2=O. The summed E-state index contributed by atoms with van der Waals surface area (Å²) in [5, 5.41) is 48.1. The molecule has 0 spiro atoms. The first-order valence-electron chi connectivity index (χ1n) is 12.6. The number of phenols is 1. The Morgan fingerprint density at radius 1 is 1.29 bits per heavy atom. The molecular weight excluding hydrogens is 494 g/mol. The molecule has 11 nitrogen and oxygen atoms in total. The van der Waals surface area contributed by atoms with Gasteiger partial charge in [0.05, 0.1) is 18.7 Å². The van der Waals surface area contributed by atoms with Crippen LogP contribution in [0.4, 0.5) is 0 Å². The van der Waals surface area contributed by atoms with Gasteiger partial charge in [-0.3, -0.25) is 19.3 Å². The lowest BCUT2D eigenvalue weighted by molar-refractivity contribution is -0.148. The number of hydrogen-bond acceptors (Lipinski definition) is 10. The zero-order chi connectivity index (χ0) is 28.3. The van der Waals surface area contributed by atoms with E-state index in [1.54, 1.807) is 14.1 Å². The topological polar surface area (TPSA) is 183 Å². The molecule has 0 saturated carbocycles. The Morgan fingerprint density at radius 3 is 2.50 bits per heavy atom. The Kier molecular flexibility index (Phi) is 7.06. The number of Topliss-reactive ketones (excluding diaryl/α,β-unsaturated/α-hetero) is 2. The summed E-state index contributed by atoms with van der Waals surface area (Å²) in [4.78, 5) is 40.7. The molecular formula is C27H35N3O8. The average molecular weight is 530 g/mol. The molecule has 0 saturated heterocycles. The molecule has 4 rings (SSSR count). The summed E-state index contributed by atoms with van der Waals surface area (Å²) in [5.74, 6) is -6.37. The fourth-order valence-electron chi connectivity index (χ4n) is 6.18. The number of nitrogens with one attached hydrogen (secondary N) is 1. The van der Waals surface area contributed by atoms with Gasteiger partial charge in [-0.2, -0.15) is 0 Å². The van der Waals surface area contributed by atoms with Crippen LogP contribution in [0.5, 0.6) is 11.5 Å². The number of ketones is 2. The molecule has 38 heavy (non-hydrogen) atoms. The Morgan fingerprint density at radius 2 is 1.95 bits per heavy atom. The Balaban J connectivity index is 1.89. The molecule has 7 N–H and O–H groups in total. The Hall–Kier alpha value is -3.41. The van der Waals surface area contributed by atoms with E-state index in [0.29, 0.717) is 23.4 Å². The van der Waals surface area contributed by atoms with E-state index in [1.807, 2.05) is 13.8 Å². The number of aliphatic hydroxyl groups excluding tert-OH is 2. The standard InChI is InChI=1S/C27H35N3O8/c1-6-11(2)29-10-13-9-16(31)18-14(23(13)38-5)7-12-8-15-20(30(3)4)22(33)19(26(28)36)25(35)27(15,37)24(34)17(12)21(18)32/h9,11-12,15,20,29,31,33-34,37H,6-8,10H2,1-5H3,(H2,28,36)/t11?,12-,15-,20-,27-/m0/s1. The lowest BCUT2D eigenvalue weighted by atomic mass is 9.58. The van der Waals surface area contributed by atoms with Crippen molar-refractivity contribution < 1.29 is 39.5 Å². The normalized spacial score (nSPS) is 27.7. The number of primary amides is 1. The van der Waals surface area contributed by atoms with E-state index in [1.165, 1.54) is 18.1 Å². The summed E-state index contributed by atoms with van der Waals surface area (Å²) < 4.78 is 5.69. The van der Waals surface area contributed by atoms with E-state index in [0.717, 1.165) is 6.42 Å². The third-order valence-corrected chi connectivity index (χ3v) is 8.21. The third-order valence-electron chi connectivity index (χ3n) is 8.21. The smallest absolute Gasteiger partial charge is 0.255 e. The van der Waals surface area contributed by atoms with Gasteiger partial charge in [-0.05, 0) is 52.3 Å². The maximum absolute atomic E-state index is 13.8. The number of allylic oxidation sites excluding steroid dienone is 1. The predicted octanol–water partition coefficient (Wildman–Crippen LogP) is 1.02. The first-order chi connectivity index (χ1) is 17.8. The number of nitrogens with zero attached hydrogens (tertiary/aromatic N) is 1. The molecule has 0 aromatic heterocycles. The number of nitrogens with two attached hydrogens (primary N) is 1. The number of rotatable bonds is 7. The minimum atomic E-state index is -2.66. The number of ether oxygens (including phenoxy) is 1. The molecule has 0 fully saturated rings. The molecule has 0 radical (unpaired) electrons. The molecule has 3 aliphatic carbocycles. The Labute approximate surface area is 220 Å². The second-order valence-corrected chi connectivity index (χ2v) is 10.6. The van der Waals surface area contributed by atoms with Crippen LogP contribution in [0, 0.1) is 11.8 Å². The Bertz CT molecular complexity index is 1280. The summed E-state index contributed by atoms with van der Waals surface area (Å²) in [6.07, 6.45) is 1.08. The van der Waals surface area contributed by atoms with Crippen LogP contribution in [0.3, 0.4) is 0 Å². The average Bonchev–Trinajstić information content (AvgIpc) is 2.84. The van der Waals surface area contributed by atoms with Gasteiger partial charge < -0.3 is 36.2 Å². The number of likely N-dealkylation sites (N-methyl/N-ethyl adjacent to an activating group) is 1. The molecule has 1 amide bonds. The molecule has 3 aliphatic rings. The molecule has 206 valence electrons. The van der Waals surface area contributed by atoms with Crippen LogP contribution in [0.1, 0.15) is 48.2 Å². The molecule has 1 aromatic carbocycles. The second kappa shape index (κ2) is 9.72. The number of benzene rings is 1. The fourth-order valence-corrected chi connectivity index (χ4v) is 6.18. The first-order valence-corrected chi connectivity index (χ1v) is 12.6. The number of fused-ring (bicyclic) bond motifs is 3.